The molecule has 4 nitrogen and oxygen atoms in total. The third-order valence-electron chi connectivity index (χ3n) is 3.22. The van der Waals surface area contributed by atoms with Gasteiger partial charge >= 0.3 is 0 Å². The molecule has 0 unspecified atom stereocenters. The molecule has 0 atom stereocenters. The quantitative estimate of drug-likeness (QED) is 0.787. The summed E-state index contributed by atoms with van der Waals surface area (Å²) >= 11 is 5.94. The third-order valence-corrected chi connectivity index (χ3v) is 3.46. The van der Waals surface area contributed by atoms with E-state index in [9.17, 15) is 5.11 Å². The fourth-order valence-corrected chi connectivity index (χ4v) is 2.47. The van der Waals surface area contributed by atoms with Gasteiger partial charge in [-0.3, -0.25) is 0 Å². The summed E-state index contributed by atoms with van der Waals surface area (Å²) in [5, 5.41) is 9.87. The van der Waals surface area contributed by atoms with Gasteiger partial charge in [0.2, 0.25) is 0 Å². The molecule has 0 aliphatic heterocycles. The number of halogens is 1. The Morgan fingerprint density at radius 1 is 1.14 bits per heavy atom. The van der Waals surface area contributed by atoms with Gasteiger partial charge in [-0.1, -0.05) is 29.8 Å². The van der Waals surface area contributed by atoms with Crippen LogP contribution >= 0.6 is 11.6 Å². The Balaban J connectivity index is 1.87. The van der Waals surface area contributed by atoms with Gasteiger partial charge in [0.05, 0.1) is 17.6 Å². The second kappa shape index (κ2) is 6.16. The lowest BCUT2D eigenvalue weighted by atomic mass is 10.3. The van der Waals surface area contributed by atoms with Crippen molar-refractivity contribution in [2.45, 2.75) is 13.2 Å². The monoisotopic (exact) mass is 302 g/mol. The maximum absolute atomic E-state index is 9.24. The van der Waals surface area contributed by atoms with Gasteiger partial charge in [0.25, 0.3) is 0 Å². The molecule has 0 aliphatic rings. The van der Waals surface area contributed by atoms with Crippen molar-refractivity contribution in [1.29, 1.82) is 0 Å². The maximum Gasteiger partial charge on any atom is 0.148 e. The van der Waals surface area contributed by atoms with E-state index in [2.05, 4.69) is 4.98 Å². The van der Waals surface area contributed by atoms with Crippen molar-refractivity contribution in [3.8, 4) is 5.75 Å². The van der Waals surface area contributed by atoms with Crippen LogP contribution in [0.15, 0.2) is 48.5 Å². The lowest BCUT2D eigenvalue weighted by Crippen LogP contribution is -2.09. The Labute approximate surface area is 127 Å². The van der Waals surface area contributed by atoms with E-state index in [1.54, 1.807) is 12.1 Å². The summed E-state index contributed by atoms with van der Waals surface area (Å²) in [6.45, 7) is 0.883. The van der Waals surface area contributed by atoms with E-state index in [0.717, 1.165) is 16.9 Å². The minimum absolute atomic E-state index is 0.0600. The molecular weight excluding hydrogens is 288 g/mol. The molecule has 5 heteroatoms. The molecule has 3 aromatic rings. The smallest absolute Gasteiger partial charge is 0.148 e. The topological polar surface area (TPSA) is 47.3 Å². The molecule has 2 aromatic carbocycles. The first-order valence-corrected chi connectivity index (χ1v) is 7.09. The predicted molar refractivity (Wildman–Crippen MR) is 82.6 cm³/mol. The van der Waals surface area contributed by atoms with E-state index < -0.39 is 0 Å². The van der Waals surface area contributed by atoms with Crippen LogP contribution < -0.4 is 4.74 Å². The molecule has 0 radical (unpaired) electrons. The highest BCUT2D eigenvalue weighted by Gasteiger charge is 2.10. The number of hydrogen-bond acceptors (Lipinski definition) is 3. The van der Waals surface area contributed by atoms with Crippen molar-refractivity contribution in [3.05, 3.63) is 59.4 Å². The molecule has 0 saturated heterocycles. The number of rotatable bonds is 5. The Bertz CT molecular complexity index is 755. The highest BCUT2D eigenvalue weighted by molar-refractivity contribution is 6.30. The normalized spacial score (nSPS) is 11.0. The van der Waals surface area contributed by atoms with Crippen molar-refractivity contribution in [2.75, 3.05) is 6.61 Å². The predicted octanol–water partition coefficient (Wildman–Crippen LogP) is 3.26. The molecule has 0 aliphatic carbocycles. The fourth-order valence-electron chi connectivity index (χ4n) is 2.29. The number of aromatic nitrogens is 2. The fraction of sp³-hybridized carbons (Fsp3) is 0.188. The Morgan fingerprint density at radius 3 is 2.81 bits per heavy atom. The number of benzene rings is 2. The average molecular weight is 303 g/mol. The summed E-state index contributed by atoms with van der Waals surface area (Å²) in [5.74, 6) is 1.48. The van der Waals surface area contributed by atoms with Crippen LogP contribution in [0, 0.1) is 0 Å². The van der Waals surface area contributed by atoms with Gasteiger partial charge in [-0.2, -0.15) is 0 Å². The van der Waals surface area contributed by atoms with Gasteiger partial charge in [0.15, 0.2) is 0 Å². The van der Waals surface area contributed by atoms with Crippen LogP contribution in [0.25, 0.3) is 11.0 Å². The number of fused-ring (bicyclic) bond motifs is 1. The Hall–Kier alpha value is -2.04. The van der Waals surface area contributed by atoms with Gasteiger partial charge in [-0.15, -0.1) is 0 Å². The lowest BCUT2D eigenvalue weighted by molar-refractivity contribution is 0.260. The van der Waals surface area contributed by atoms with E-state index >= 15 is 0 Å². The Kier molecular flexibility index (Phi) is 4.08. The highest BCUT2D eigenvalue weighted by atomic mass is 35.5. The zero-order valence-corrected chi connectivity index (χ0v) is 12.1. The summed E-state index contributed by atoms with van der Waals surface area (Å²) in [7, 11) is 0. The van der Waals surface area contributed by atoms with Crippen molar-refractivity contribution < 1.29 is 9.84 Å². The van der Waals surface area contributed by atoms with Crippen LogP contribution in [-0.4, -0.2) is 21.3 Å². The molecule has 0 fully saturated rings. The van der Waals surface area contributed by atoms with E-state index in [1.165, 1.54) is 0 Å². The number of imidazole rings is 1. The second-order valence-corrected chi connectivity index (χ2v) is 5.07. The first kappa shape index (κ1) is 13.9. The molecule has 1 heterocycles. The van der Waals surface area contributed by atoms with Crippen molar-refractivity contribution >= 4 is 22.6 Å². The highest BCUT2D eigenvalue weighted by Crippen LogP contribution is 2.20. The van der Waals surface area contributed by atoms with E-state index in [4.69, 9.17) is 16.3 Å². The zero-order valence-electron chi connectivity index (χ0n) is 11.4. The SMILES string of the molecule is OCCn1c(COc2cccc(Cl)c2)nc2ccccc21. The van der Waals surface area contributed by atoms with Crippen LogP contribution in [0.3, 0.4) is 0 Å². The molecule has 1 aromatic heterocycles. The van der Waals surface area contributed by atoms with Gasteiger partial charge < -0.3 is 14.4 Å². The van der Waals surface area contributed by atoms with Gasteiger partial charge in [0.1, 0.15) is 18.2 Å². The van der Waals surface area contributed by atoms with Gasteiger partial charge in [-0.05, 0) is 30.3 Å². The largest absolute Gasteiger partial charge is 0.486 e. The number of ether oxygens (including phenoxy) is 1. The maximum atomic E-state index is 9.24. The summed E-state index contributed by atoms with van der Waals surface area (Å²) in [6, 6.07) is 15.1. The van der Waals surface area contributed by atoms with Gasteiger partial charge in [-0.25, -0.2) is 4.98 Å². The van der Waals surface area contributed by atoms with Crippen LogP contribution in [0.5, 0.6) is 5.75 Å². The number of aliphatic hydroxyl groups is 1. The molecule has 108 valence electrons. The molecule has 0 spiro atoms. The molecule has 0 amide bonds. The van der Waals surface area contributed by atoms with E-state index in [-0.39, 0.29) is 6.61 Å². The molecule has 21 heavy (non-hydrogen) atoms. The van der Waals surface area contributed by atoms with E-state index in [0.29, 0.717) is 23.9 Å². The van der Waals surface area contributed by atoms with Crippen LogP contribution in [0.4, 0.5) is 0 Å². The first-order chi connectivity index (χ1) is 10.3. The third kappa shape index (κ3) is 3.01. The number of para-hydroxylation sites is 2. The van der Waals surface area contributed by atoms with Crippen LogP contribution in [0.2, 0.25) is 5.02 Å². The molecule has 0 bridgehead atoms. The number of nitrogens with zero attached hydrogens (tertiary/aromatic N) is 2. The summed E-state index contributed by atoms with van der Waals surface area (Å²) < 4.78 is 7.71. The average Bonchev–Trinajstić information content (AvgIpc) is 2.84. The minimum atomic E-state index is 0.0600. The second-order valence-electron chi connectivity index (χ2n) is 4.64. The number of aliphatic hydroxyl groups excluding tert-OH is 1. The first-order valence-electron chi connectivity index (χ1n) is 6.71. The number of hydrogen-bond donors (Lipinski definition) is 1. The van der Waals surface area contributed by atoms with Gasteiger partial charge in [0, 0.05) is 11.6 Å². The Morgan fingerprint density at radius 2 is 2.00 bits per heavy atom. The molecule has 1 N–H and O–H groups in total. The van der Waals surface area contributed by atoms with Crippen molar-refractivity contribution in [2.24, 2.45) is 0 Å². The summed E-state index contributed by atoms with van der Waals surface area (Å²) in [6.07, 6.45) is 0. The molecule has 0 saturated carbocycles. The molecular formula is C16H15ClN2O2. The molecule has 3 rings (SSSR count). The van der Waals surface area contributed by atoms with Crippen LogP contribution in [-0.2, 0) is 13.2 Å². The summed E-state index contributed by atoms with van der Waals surface area (Å²) in [4.78, 5) is 4.56. The van der Waals surface area contributed by atoms with Crippen molar-refractivity contribution in [1.82, 2.24) is 9.55 Å². The minimum Gasteiger partial charge on any atom is -0.486 e. The summed E-state index contributed by atoms with van der Waals surface area (Å²) in [5.41, 5.74) is 1.90. The lowest BCUT2D eigenvalue weighted by Gasteiger charge is -2.09. The van der Waals surface area contributed by atoms with Crippen LogP contribution in [0.1, 0.15) is 5.82 Å². The van der Waals surface area contributed by atoms with E-state index in [1.807, 2.05) is 41.0 Å². The van der Waals surface area contributed by atoms with Crippen molar-refractivity contribution in [3.63, 3.8) is 0 Å². The zero-order chi connectivity index (χ0) is 14.7. The standard InChI is InChI=1S/C16H15ClN2O2/c17-12-4-3-5-13(10-12)21-11-16-18-14-6-1-2-7-15(14)19(16)8-9-20/h1-7,10,20H,8-9,11H2.